The van der Waals surface area contributed by atoms with Crippen molar-refractivity contribution in [3.8, 4) is 0 Å². The molecule has 0 aromatic heterocycles. The highest BCUT2D eigenvalue weighted by molar-refractivity contribution is 7.80. The lowest BCUT2D eigenvalue weighted by Gasteiger charge is -2.19. The van der Waals surface area contributed by atoms with Crippen LogP contribution in [0.15, 0.2) is 30.3 Å². The number of hydrogen-bond acceptors (Lipinski definition) is 2. The van der Waals surface area contributed by atoms with Gasteiger partial charge in [-0.05, 0) is 6.42 Å². The van der Waals surface area contributed by atoms with Crippen LogP contribution < -0.4 is 5.84 Å². The molecule has 0 amide bonds. The number of unbranched alkanes of at least 4 members (excludes halogenated alkanes) is 2. The Labute approximate surface area is 97.0 Å². The zero-order chi connectivity index (χ0) is 11.1. The van der Waals surface area contributed by atoms with Crippen LogP contribution in [0.4, 0.5) is 0 Å². The van der Waals surface area contributed by atoms with Crippen molar-refractivity contribution in [2.24, 2.45) is 5.84 Å². The summed E-state index contributed by atoms with van der Waals surface area (Å²) in [7, 11) is 0. The van der Waals surface area contributed by atoms with Gasteiger partial charge in [0.05, 0.1) is 0 Å². The monoisotopic (exact) mass is 222 g/mol. The molecule has 2 N–H and O–H groups in total. The van der Waals surface area contributed by atoms with Crippen molar-refractivity contribution in [3.05, 3.63) is 35.9 Å². The van der Waals surface area contributed by atoms with Gasteiger partial charge >= 0.3 is 0 Å². The van der Waals surface area contributed by atoms with E-state index < -0.39 is 0 Å². The van der Waals surface area contributed by atoms with Crippen molar-refractivity contribution in [1.29, 1.82) is 0 Å². The fraction of sp³-hybridized carbons (Fsp3) is 0.417. The largest absolute Gasteiger partial charge is 0.301 e. The summed E-state index contributed by atoms with van der Waals surface area (Å²) in [5.74, 6) is 5.88. The molecule has 0 aliphatic rings. The van der Waals surface area contributed by atoms with Gasteiger partial charge in [0.2, 0.25) is 0 Å². The summed E-state index contributed by atoms with van der Waals surface area (Å²) in [5.41, 5.74) is 1.02. The van der Waals surface area contributed by atoms with Gasteiger partial charge in [-0.3, -0.25) is 0 Å². The molecule has 1 aromatic rings. The third-order valence-electron chi connectivity index (χ3n) is 2.28. The van der Waals surface area contributed by atoms with Crippen LogP contribution in [-0.2, 0) is 0 Å². The highest BCUT2D eigenvalue weighted by Gasteiger charge is 2.06. The van der Waals surface area contributed by atoms with E-state index in [1.54, 1.807) is 5.01 Å². The predicted molar refractivity (Wildman–Crippen MR) is 68.6 cm³/mol. The van der Waals surface area contributed by atoms with Crippen molar-refractivity contribution in [1.82, 2.24) is 5.01 Å². The Bertz CT molecular complexity index is 298. The lowest BCUT2D eigenvalue weighted by atomic mass is 10.2. The summed E-state index contributed by atoms with van der Waals surface area (Å²) in [6, 6.07) is 9.90. The smallest absolute Gasteiger partial charge is 0.123 e. The van der Waals surface area contributed by atoms with E-state index in [1.807, 2.05) is 30.3 Å². The summed E-state index contributed by atoms with van der Waals surface area (Å²) in [6.07, 6.45) is 3.50. The van der Waals surface area contributed by atoms with Gasteiger partial charge in [-0.2, -0.15) is 0 Å². The molecule has 0 radical (unpaired) electrons. The van der Waals surface area contributed by atoms with Crippen molar-refractivity contribution < 1.29 is 0 Å². The van der Waals surface area contributed by atoms with Gasteiger partial charge in [-0.25, -0.2) is 5.84 Å². The average Bonchev–Trinajstić information content (AvgIpc) is 2.29. The minimum absolute atomic E-state index is 0.728. The molecule has 3 heteroatoms. The third-order valence-corrected chi connectivity index (χ3v) is 2.75. The highest BCUT2D eigenvalue weighted by atomic mass is 32.1. The molecule has 0 aliphatic heterocycles. The summed E-state index contributed by atoms with van der Waals surface area (Å²) in [5, 5.41) is 1.67. The number of nitrogens with two attached hydrogens (primary N) is 1. The van der Waals surface area contributed by atoms with Gasteiger partial charge in [0, 0.05) is 12.1 Å². The predicted octanol–water partition coefficient (Wildman–Crippen LogP) is 2.73. The second-order valence-electron chi connectivity index (χ2n) is 3.57. The van der Waals surface area contributed by atoms with Gasteiger partial charge in [0.1, 0.15) is 4.99 Å². The Hall–Kier alpha value is -0.930. The molecule has 0 bridgehead atoms. The number of benzene rings is 1. The van der Waals surface area contributed by atoms with Crippen LogP contribution in [0.5, 0.6) is 0 Å². The summed E-state index contributed by atoms with van der Waals surface area (Å²) in [6.45, 7) is 3.01. The topological polar surface area (TPSA) is 29.3 Å². The Morgan fingerprint density at radius 1 is 1.27 bits per heavy atom. The molecule has 0 saturated heterocycles. The maximum atomic E-state index is 5.88. The SMILES string of the molecule is CCCCCN(N)C(=S)c1ccccc1. The first kappa shape index (κ1) is 12.1. The van der Waals surface area contributed by atoms with Crippen LogP contribution in [0.25, 0.3) is 0 Å². The fourth-order valence-electron chi connectivity index (χ4n) is 1.38. The van der Waals surface area contributed by atoms with E-state index in [2.05, 4.69) is 6.92 Å². The molecular weight excluding hydrogens is 204 g/mol. The van der Waals surface area contributed by atoms with Gasteiger partial charge < -0.3 is 5.01 Å². The standard InChI is InChI=1S/C12H18N2S/c1-2-3-7-10-14(13)12(15)11-8-5-4-6-9-11/h4-6,8-9H,2-3,7,10,13H2,1H3. The van der Waals surface area contributed by atoms with Gasteiger partial charge in [0.15, 0.2) is 0 Å². The van der Waals surface area contributed by atoms with E-state index in [4.69, 9.17) is 18.1 Å². The van der Waals surface area contributed by atoms with E-state index in [-0.39, 0.29) is 0 Å². The first-order valence-corrected chi connectivity index (χ1v) is 5.78. The first-order chi connectivity index (χ1) is 7.25. The second kappa shape index (κ2) is 6.53. The molecule has 2 nitrogen and oxygen atoms in total. The van der Waals surface area contributed by atoms with Gasteiger partial charge in [-0.1, -0.05) is 62.3 Å². The van der Waals surface area contributed by atoms with Crippen molar-refractivity contribution >= 4 is 17.2 Å². The van der Waals surface area contributed by atoms with Crippen molar-refractivity contribution in [2.45, 2.75) is 26.2 Å². The molecular formula is C12H18N2S. The quantitative estimate of drug-likeness (QED) is 0.359. The normalized spacial score (nSPS) is 10.0. The molecule has 1 aromatic carbocycles. The number of hydrogen-bond donors (Lipinski definition) is 1. The molecule has 0 atom stereocenters. The molecule has 1 rings (SSSR count). The van der Waals surface area contributed by atoms with Gasteiger partial charge in [0.25, 0.3) is 0 Å². The molecule has 82 valence electrons. The van der Waals surface area contributed by atoms with Crippen LogP contribution in [0.2, 0.25) is 0 Å². The minimum atomic E-state index is 0.728. The van der Waals surface area contributed by atoms with Crippen LogP contribution in [0.3, 0.4) is 0 Å². The summed E-state index contributed by atoms with van der Waals surface area (Å²) >= 11 is 5.29. The van der Waals surface area contributed by atoms with Crippen LogP contribution in [0.1, 0.15) is 31.7 Å². The molecule has 0 aliphatic carbocycles. The third kappa shape index (κ3) is 3.98. The van der Waals surface area contributed by atoms with E-state index in [0.29, 0.717) is 0 Å². The summed E-state index contributed by atoms with van der Waals surface area (Å²) < 4.78 is 0. The number of nitrogens with zero attached hydrogens (tertiary/aromatic N) is 1. The Morgan fingerprint density at radius 3 is 2.53 bits per heavy atom. The van der Waals surface area contributed by atoms with E-state index in [1.165, 1.54) is 12.8 Å². The van der Waals surface area contributed by atoms with Gasteiger partial charge in [-0.15, -0.1) is 0 Å². The molecule has 0 fully saturated rings. The maximum Gasteiger partial charge on any atom is 0.123 e. The second-order valence-corrected chi connectivity index (χ2v) is 3.96. The average molecular weight is 222 g/mol. The lowest BCUT2D eigenvalue weighted by molar-refractivity contribution is 0.428. The van der Waals surface area contributed by atoms with E-state index >= 15 is 0 Å². The molecule has 0 spiro atoms. The number of thiocarbonyl (C=S) groups is 1. The van der Waals surface area contributed by atoms with Crippen molar-refractivity contribution in [3.63, 3.8) is 0 Å². The zero-order valence-electron chi connectivity index (χ0n) is 9.15. The highest BCUT2D eigenvalue weighted by Crippen LogP contribution is 2.04. The summed E-state index contributed by atoms with van der Waals surface area (Å²) in [4.78, 5) is 0.728. The Balaban J connectivity index is 2.46. The van der Waals surface area contributed by atoms with E-state index in [9.17, 15) is 0 Å². The maximum absolute atomic E-state index is 5.88. The van der Waals surface area contributed by atoms with Crippen LogP contribution in [-0.4, -0.2) is 16.5 Å². The van der Waals surface area contributed by atoms with Crippen molar-refractivity contribution in [2.75, 3.05) is 6.54 Å². The number of hydrazine groups is 1. The van der Waals surface area contributed by atoms with Crippen LogP contribution in [0, 0.1) is 0 Å². The minimum Gasteiger partial charge on any atom is -0.301 e. The van der Waals surface area contributed by atoms with Crippen LogP contribution >= 0.6 is 12.2 Å². The molecule has 0 unspecified atom stereocenters. The Kier molecular flexibility index (Phi) is 5.29. The molecule has 15 heavy (non-hydrogen) atoms. The molecule has 0 heterocycles. The zero-order valence-corrected chi connectivity index (χ0v) is 9.96. The first-order valence-electron chi connectivity index (χ1n) is 5.37. The number of rotatable bonds is 5. The molecule has 0 saturated carbocycles. The lowest BCUT2D eigenvalue weighted by Crippen LogP contribution is -2.37. The van der Waals surface area contributed by atoms with E-state index in [0.717, 1.165) is 23.5 Å². The Morgan fingerprint density at radius 2 is 1.93 bits per heavy atom. The fourth-order valence-corrected chi connectivity index (χ4v) is 1.61.